The summed E-state index contributed by atoms with van der Waals surface area (Å²) in [4.78, 5) is 2.54. The number of rotatable bonds is 3. The highest BCUT2D eigenvalue weighted by molar-refractivity contribution is 5.55. The molecular weight excluding hydrogens is 244 g/mol. The van der Waals surface area contributed by atoms with Crippen molar-refractivity contribution in [1.82, 2.24) is 5.32 Å². The average molecular weight is 274 g/mol. The lowest BCUT2D eigenvalue weighted by Crippen LogP contribution is -2.35. The van der Waals surface area contributed by atoms with Gasteiger partial charge in [0.25, 0.3) is 0 Å². The molecule has 1 fully saturated rings. The van der Waals surface area contributed by atoms with E-state index in [0.29, 0.717) is 5.41 Å². The van der Waals surface area contributed by atoms with E-state index in [4.69, 9.17) is 0 Å². The van der Waals surface area contributed by atoms with Crippen LogP contribution < -0.4 is 10.2 Å². The van der Waals surface area contributed by atoms with Crippen LogP contribution in [0.2, 0.25) is 0 Å². The second-order valence-electron chi connectivity index (χ2n) is 8.06. The molecule has 0 atom stereocenters. The fourth-order valence-corrected chi connectivity index (χ4v) is 2.87. The standard InChI is InChI=1S/C18H30N2/c1-14-11-15(12-19-17(2,3)4)7-8-16(14)20-10-9-18(5,6)13-20/h7-8,11,19H,9-10,12-13H2,1-6H3. The molecule has 1 heterocycles. The first-order chi connectivity index (χ1) is 9.16. The zero-order chi connectivity index (χ0) is 15.0. The van der Waals surface area contributed by atoms with Crippen LogP contribution in [0.15, 0.2) is 18.2 Å². The SMILES string of the molecule is Cc1cc(CNC(C)(C)C)ccc1N1CCC(C)(C)C1. The molecule has 1 N–H and O–H groups in total. The van der Waals surface area contributed by atoms with Gasteiger partial charge >= 0.3 is 0 Å². The average Bonchev–Trinajstić information content (AvgIpc) is 2.66. The Hall–Kier alpha value is -1.02. The van der Waals surface area contributed by atoms with E-state index < -0.39 is 0 Å². The smallest absolute Gasteiger partial charge is 0.0396 e. The van der Waals surface area contributed by atoms with Gasteiger partial charge in [0.1, 0.15) is 0 Å². The Bertz CT molecular complexity index is 469. The molecule has 0 spiro atoms. The monoisotopic (exact) mass is 274 g/mol. The first kappa shape index (κ1) is 15.4. The minimum atomic E-state index is 0.172. The summed E-state index contributed by atoms with van der Waals surface area (Å²) in [6.45, 7) is 16.9. The van der Waals surface area contributed by atoms with Crippen molar-refractivity contribution in [3.05, 3.63) is 29.3 Å². The normalized spacial score (nSPS) is 18.6. The Morgan fingerprint density at radius 3 is 2.45 bits per heavy atom. The second kappa shape index (κ2) is 5.40. The van der Waals surface area contributed by atoms with Gasteiger partial charge in [0.2, 0.25) is 0 Å². The fourth-order valence-electron chi connectivity index (χ4n) is 2.87. The first-order valence-corrected chi connectivity index (χ1v) is 7.76. The van der Waals surface area contributed by atoms with Crippen molar-refractivity contribution in [2.24, 2.45) is 5.41 Å². The minimum absolute atomic E-state index is 0.172. The molecule has 0 amide bonds. The van der Waals surface area contributed by atoms with Gasteiger partial charge < -0.3 is 10.2 Å². The van der Waals surface area contributed by atoms with Crippen LogP contribution in [0.3, 0.4) is 0 Å². The molecule has 20 heavy (non-hydrogen) atoms. The van der Waals surface area contributed by atoms with E-state index in [1.807, 2.05) is 0 Å². The molecule has 1 aromatic carbocycles. The third kappa shape index (κ3) is 3.99. The summed E-state index contributed by atoms with van der Waals surface area (Å²) in [5, 5.41) is 3.55. The highest BCUT2D eigenvalue weighted by Gasteiger charge is 2.29. The number of aryl methyl sites for hydroxylation is 1. The van der Waals surface area contributed by atoms with Crippen LogP contribution in [0, 0.1) is 12.3 Å². The van der Waals surface area contributed by atoms with E-state index in [-0.39, 0.29) is 5.54 Å². The topological polar surface area (TPSA) is 15.3 Å². The van der Waals surface area contributed by atoms with Gasteiger partial charge in [-0.3, -0.25) is 0 Å². The predicted molar refractivity (Wildman–Crippen MR) is 88.4 cm³/mol. The molecule has 2 rings (SSSR count). The summed E-state index contributed by atoms with van der Waals surface area (Å²) in [6.07, 6.45) is 1.29. The van der Waals surface area contributed by atoms with Gasteiger partial charge in [-0.25, -0.2) is 0 Å². The van der Waals surface area contributed by atoms with E-state index in [1.165, 1.54) is 36.3 Å². The van der Waals surface area contributed by atoms with Crippen LogP contribution in [0.1, 0.15) is 52.2 Å². The molecule has 112 valence electrons. The zero-order valence-electron chi connectivity index (χ0n) is 14.0. The summed E-state index contributed by atoms with van der Waals surface area (Å²) in [5.74, 6) is 0. The fraction of sp³-hybridized carbons (Fsp3) is 0.667. The Morgan fingerprint density at radius 1 is 1.25 bits per heavy atom. The van der Waals surface area contributed by atoms with Crippen LogP contribution in [0.4, 0.5) is 5.69 Å². The molecule has 2 nitrogen and oxygen atoms in total. The van der Waals surface area contributed by atoms with Crippen LogP contribution >= 0.6 is 0 Å². The van der Waals surface area contributed by atoms with Crippen molar-refractivity contribution in [2.75, 3.05) is 18.0 Å². The van der Waals surface area contributed by atoms with Crippen molar-refractivity contribution < 1.29 is 0 Å². The highest BCUT2D eigenvalue weighted by Crippen LogP contribution is 2.34. The summed E-state index contributed by atoms with van der Waals surface area (Å²) in [6, 6.07) is 6.90. The number of anilines is 1. The highest BCUT2D eigenvalue weighted by atomic mass is 15.2. The number of nitrogens with zero attached hydrogens (tertiary/aromatic N) is 1. The van der Waals surface area contributed by atoms with E-state index in [2.05, 4.69) is 70.0 Å². The molecule has 1 saturated heterocycles. The predicted octanol–water partition coefficient (Wildman–Crippen LogP) is 4.12. The Balaban J connectivity index is 2.07. The van der Waals surface area contributed by atoms with Crippen molar-refractivity contribution in [3.8, 4) is 0 Å². The number of benzene rings is 1. The van der Waals surface area contributed by atoms with Gasteiger partial charge in [0, 0.05) is 30.9 Å². The van der Waals surface area contributed by atoms with Gasteiger partial charge in [-0.05, 0) is 56.7 Å². The van der Waals surface area contributed by atoms with E-state index in [9.17, 15) is 0 Å². The largest absolute Gasteiger partial charge is 0.371 e. The van der Waals surface area contributed by atoms with E-state index in [0.717, 1.165) is 6.54 Å². The minimum Gasteiger partial charge on any atom is -0.371 e. The number of hydrogen-bond acceptors (Lipinski definition) is 2. The third-order valence-corrected chi connectivity index (χ3v) is 4.10. The molecule has 0 saturated carbocycles. The maximum atomic E-state index is 3.55. The molecule has 0 radical (unpaired) electrons. The first-order valence-electron chi connectivity index (χ1n) is 7.76. The lowest BCUT2D eigenvalue weighted by Gasteiger charge is -2.24. The molecule has 0 aromatic heterocycles. The molecule has 0 bridgehead atoms. The van der Waals surface area contributed by atoms with Gasteiger partial charge in [-0.2, -0.15) is 0 Å². The molecule has 0 aliphatic carbocycles. The quantitative estimate of drug-likeness (QED) is 0.892. The third-order valence-electron chi connectivity index (χ3n) is 4.10. The molecule has 1 aromatic rings. The van der Waals surface area contributed by atoms with E-state index in [1.54, 1.807) is 0 Å². The molecule has 0 unspecified atom stereocenters. The van der Waals surface area contributed by atoms with Crippen molar-refractivity contribution >= 4 is 5.69 Å². The maximum absolute atomic E-state index is 3.55. The van der Waals surface area contributed by atoms with Gasteiger partial charge in [0.05, 0.1) is 0 Å². The van der Waals surface area contributed by atoms with Gasteiger partial charge in [-0.1, -0.05) is 26.0 Å². The van der Waals surface area contributed by atoms with Crippen molar-refractivity contribution in [2.45, 2.75) is 60.0 Å². The molecule has 1 aliphatic rings. The van der Waals surface area contributed by atoms with E-state index >= 15 is 0 Å². The van der Waals surface area contributed by atoms with Crippen molar-refractivity contribution in [3.63, 3.8) is 0 Å². The lowest BCUT2D eigenvalue weighted by molar-refractivity contribution is 0.418. The number of hydrogen-bond donors (Lipinski definition) is 1. The van der Waals surface area contributed by atoms with Crippen LogP contribution in [0.5, 0.6) is 0 Å². The van der Waals surface area contributed by atoms with Gasteiger partial charge in [-0.15, -0.1) is 0 Å². The Labute approximate surface area is 124 Å². The molecular formula is C18H30N2. The molecule has 1 aliphatic heterocycles. The van der Waals surface area contributed by atoms with Crippen molar-refractivity contribution in [1.29, 1.82) is 0 Å². The summed E-state index contributed by atoms with van der Waals surface area (Å²) in [7, 11) is 0. The van der Waals surface area contributed by atoms with Gasteiger partial charge in [0.15, 0.2) is 0 Å². The summed E-state index contributed by atoms with van der Waals surface area (Å²) in [5.41, 5.74) is 4.82. The zero-order valence-corrected chi connectivity index (χ0v) is 14.0. The second-order valence-corrected chi connectivity index (χ2v) is 8.06. The maximum Gasteiger partial charge on any atom is 0.0396 e. The lowest BCUT2D eigenvalue weighted by atomic mass is 9.93. The summed E-state index contributed by atoms with van der Waals surface area (Å²) < 4.78 is 0. The Kier molecular flexibility index (Phi) is 4.15. The summed E-state index contributed by atoms with van der Waals surface area (Å²) >= 11 is 0. The van der Waals surface area contributed by atoms with Crippen LogP contribution in [-0.4, -0.2) is 18.6 Å². The van der Waals surface area contributed by atoms with Crippen LogP contribution in [0.25, 0.3) is 0 Å². The van der Waals surface area contributed by atoms with Crippen LogP contribution in [-0.2, 0) is 6.54 Å². The molecule has 2 heteroatoms. The Morgan fingerprint density at radius 2 is 1.95 bits per heavy atom. The number of nitrogens with one attached hydrogen (secondary N) is 1.